The van der Waals surface area contributed by atoms with E-state index in [1.54, 1.807) is 18.2 Å². The lowest BCUT2D eigenvalue weighted by Crippen LogP contribution is -2.25. The number of non-ortho nitro benzene ring substituents is 1. The molecule has 0 spiro atoms. The Kier molecular flexibility index (Phi) is 5.21. The second-order valence-electron chi connectivity index (χ2n) is 4.72. The van der Waals surface area contributed by atoms with Gasteiger partial charge in [0.25, 0.3) is 11.6 Å². The van der Waals surface area contributed by atoms with Gasteiger partial charge < -0.3 is 11.1 Å². The molecule has 0 saturated heterocycles. The van der Waals surface area contributed by atoms with Crippen molar-refractivity contribution in [3.63, 3.8) is 0 Å². The van der Waals surface area contributed by atoms with E-state index in [2.05, 4.69) is 15.5 Å². The number of nitro groups is 1. The lowest BCUT2D eigenvalue weighted by Gasteiger charge is -2.01. The summed E-state index contributed by atoms with van der Waals surface area (Å²) in [5.74, 6) is -0.238. The Morgan fingerprint density at radius 3 is 2.68 bits per heavy atom. The maximum atomic E-state index is 11.9. The SMILES string of the molecule is NCCCCNC(=O)c1cc(-c2ccc([N+](=O)[O-])cc2)n[nH]1. The minimum absolute atomic E-state index is 0.0113. The molecule has 0 atom stereocenters. The Labute approximate surface area is 126 Å². The third-order valence-corrected chi connectivity index (χ3v) is 3.11. The van der Waals surface area contributed by atoms with Gasteiger partial charge in [0.2, 0.25) is 0 Å². The third kappa shape index (κ3) is 3.89. The normalized spacial score (nSPS) is 10.4. The van der Waals surface area contributed by atoms with Crippen molar-refractivity contribution in [1.82, 2.24) is 15.5 Å². The number of amides is 1. The summed E-state index contributed by atoms with van der Waals surface area (Å²) in [6.45, 7) is 1.16. The van der Waals surface area contributed by atoms with Crippen LogP contribution in [0.25, 0.3) is 11.3 Å². The lowest BCUT2D eigenvalue weighted by molar-refractivity contribution is -0.384. The van der Waals surface area contributed by atoms with Crippen LogP contribution in [0.1, 0.15) is 23.3 Å². The Bertz CT molecular complexity index is 651. The molecule has 0 unspecified atom stereocenters. The minimum atomic E-state index is -0.464. The molecule has 0 fully saturated rings. The van der Waals surface area contributed by atoms with E-state index in [0.29, 0.717) is 30.0 Å². The molecule has 0 saturated carbocycles. The van der Waals surface area contributed by atoms with Crippen molar-refractivity contribution in [2.75, 3.05) is 13.1 Å². The number of hydrogen-bond acceptors (Lipinski definition) is 5. The lowest BCUT2D eigenvalue weighted by atomic mass is 10.1. The van der Waals surface area contributed by atoms with Crippen molar-refractivity contribution < 1.29 is 9.72 Å². The van der Waals surface area contributed by atoms with E-state index in [4.69, 9.17) is 5.73 Å². The Hall–Kier alpha value is -2.74. The second kappa shape index (κ2) is 7.32. The number of rotatable bonds is 7. The molecule has 0 aliphatic rings. The van der Waals surface area contributed by atoms with Gasteiger partial charge in [-0.3, -0.25) is 20.0 Å². The highest BCUT2D eigenvalue weighted by Crippen LogP contribution is 2.21. The summed E-state index contributed by atoms with van der Waals surface area (Å²) in [4.78, 5) is 22.0. The third-order valence-electron chi connectivity index (χ3n) is 3.11. The minimum Gasteiger partial charge on any atom is -0.351 e. The summed E-state index contributed by atoms with van der Waals surface area (Å²) in [6, 6.07) is 7.60. The van der Waals surface area contributed by atoms with Gasteiger partial charge in [-0.25, -0.2) is 0 Å². The van der Waals surface area contributed by atoms with Crippen molar-refractivity contribution in [1.29, 1.82) is 0 Å². The smallest absolute Gasteiger partial charge is 0.269 e. The molecule has 1 amide bonds. The van der Waals surface area contributed by atoms with E-state index in [1.165, 1.54) is 12.1 Å². The molecule has 0 bridgehead atoms. The molecule has 22 heavy (non-hydrogen) atoms. The van der Waals surface area contributed by atoms with Gasteiger partial charge >= 0.3 is 0 Å². The highest BCUT2D eigenvalue weighted by Gasteiger charge is 2.11. The van der Waals surface area contributed by atoms with Gasteiger partial charge in [-0.05, 0) is 37.6 Å². The molecule has 2 aromatic rings. The predicted molar refractivity (Wildman–Crippen MR) is 81.3 cm³/mol. The van der Waals surface area contributed by atoms with Crippen LogP contribution in [0.2, 0.25) is 0 Å². The molecule has 8 nitrogen and oxygen atoms in total. The van der Waals surface area contributed by atoms with Crippen LogP contribution < -0.4 is 11.1 Å². The Morgan fingerprint density at radius 1 is 1.32 bits per heavy atom. The molecule has 116 valence electrons. The number of unbranched alkanes of at least 4 members (excludes halogenated alkanes) is 1. The Balaban J connectivity index is 2.01. The average Bonchev–Trinajstić information content (AvgIpc) is 3.01. The van der Waals surface area contributed by atoms with E-state index >= 15 is 0 Å². The van der Waals surface area contributed by atoms with E-state index in [-0.39, 0.29) is 11.6 Å². The quantitative estimate of drug-likeness (QED) is 0.405. The predicted octanol–water partition coefficient (Wildman–Crippen LogP) is 1.45. The average molecular weight is 303 g/mol. The first kappa shape index (κ1) is 15.6. The van der Waals surface area contributed by atoms with Crippen LogP contribution in [0.3, 0.4) is 0 Å². The first-order valence-electron chi connectivity index (χ1n) is 6.90. The van der Waals surface area contributed by atoms with Gasteiger partial charge in [-0.2, -0.15) is 5.10 Å². The van der Waals surface area contributed by atoms with Gasteiger partial charge in [0.05, 0.1) is 10.6 Å². The number of carbonyl (C=O) groups is 1. The summed E-state index contributed by atoms with van der Waals surface area (Å²) >= 11 is 0. The highest BCUT2D eigenvalue weighted by molar-refractivity contribution is 5.93. The molecule has 0 aliphatic heterocycles. The number of nitro benzene ring substituents is 1. The number of H-pyrrole nitrogens is 1. The number of benzene rings is 1. The summed E-state index contributed by atoms with van der Waals surface area (Å²) in [5, 5.41) is 20.1. The van der Waals surface area contributed by atoms with Gasteiger partial charge in [0, 0.05) is 24.2 Å². The topological polar surface area (TPSA) is 127 Å². The van der Waals surface area contributed by atoms with Crippen molar-refractivity contribution >= 4 is 11.6 Å². The molecule has 0 radical (unpaired) electrons. The maximum absolute atomic E-state index is 11.9. The first-order chi connectivity index (χ1) is 10.6. The molecule has 1 aromatic carbocycles. The van der Waals surface area contributed by atoms with Crippen LogP contribution in [-0.4, -0.2) is 34.1 Å². The van der Waals surface area contributed by atoms with Crippen molar-refractivity contribution in [3.05, 3.63) is 46.1 Å². The molecule has 1 aromatic heterocycles. The standard InChI is InChI=1S/C14H17N5O3/c15-7-1-2-8-16-14(20)13-9-12(17-18-13)10-3-5-11(6-4-10)19(21)22/h3-6,9H,1-2,7-8,15H2,(H,16,20)(H,17,18). The van der Waals surface area contributed by atoms with Gasteiger partial charge in [-0.1, -0.05) is 0 Å². The molecule has 2 rings (SSSR count). The van der Waals surface area contributed by atoms with E-state index in [1.807, 2.05) is 0 Å². The van der Waals surface area contributed by atoms with Crippen LogP contribution in [0.15, 0.2) is 30.3 Å². The van der Waals surface area contributed by atoms with E-state index in [9.17, 15) is 14.9 Å². The van der Waals surface area contributed by atoms with Gasteiger partial charge in [0.1, 0.15) is 5.69 Å². The first-order valence-corrected chi connectivity index (χ1v) is 6.90. The highest BCUT2D eigenvalue weighted by atomic mass is 16.6. The summed E-state index contributed by atoms with van der Waals surface area (Å²) in [6.07, 6.45) is 1.68. The summed E-state index contributed by atoms with van der Waals surface area (Å²) in [7, 11) is 0. The second-order valence-corrected chi connectivity index (χ2v) is 4.72. The fourth-order valence-corrected chi connectivity index (χ4v) is 1.91. The maximum Gasteiger partial charge on any atom is 0.269 e. The molecule has 1 heterocycles. The molecule has 0 aliphatic carbocycles. The van der Waals surface area contributed by atoms with Gasteiger partial charge in [0.15, 0.2) is 0 Å². The van der Waals surface area contributed by atoms with E-state index in [0.717, 1.165) is 12.8 Å². The van der Waals surface area contributed by atoms with Crippen molar-refractivity contribution in [3.8, 4) is 11.3 Å². The van der Waals surface area contributed by atoms with Gasteiger partial charge in [-0.15, -0.1) is 0 Å². The molecule has 4 N–H and O–H groups in total. The summed E-state index contributed by atoms with van der Waals surface area (Å²) in [5.41, 5.74) is 7.00. The zero-order valence-electron chi connectivity index (χ0n) is 11.9. The van der Waals surface area contributed by atoms with Crippen LogP contribution in [0, 0.1) is 10.1 Å². The number of aromatic amines is 1. The van der Waals surface area contributed by atoms with Crippen molar-refractivity contribution in [2.24, 2.45) is 5.73 Å². The largest absolute Gasteiger partial charge is 0.351 e. The number of nitrogens with two attached hydrogens (primary N) is 1. The number of hydrogen-bond donors (Lipinski definition) is 3. The molecular weight excluding hydrogens is 286 g/mol. The monoisotopic (exact) mass is 303 g/mol. The van der Waals surface area contributed by atoms with Crippen LogP contribution in [0.4, 0.5) is 5.69 Å². The van der Waals surface area contributed by atoms with Crippen molar-refractivity contribution in [2.45, 2.75) is 12.8 Å². The number of aromatic nitrogens is 2. The fraction of sp³-hybridized carbons (Fsp3) is 0.286. The molecule has 8 heteroatoms. The van der Waals surface area contributed by atoms with Crippen LogP contribution >= 0.6 is 0 Å². The number of nitrogens with one attached hydrogen (secondary N) is 2. The zero-order chi connectivity index (χ0) is 15.9. The van der Waals surface area contributed by atoms with Crippen LogP contribution in [-0.2, 0) is 0 Å². The summed E-state index contributed by atoms with van der Waals surface area (Å²) < 4.78 is 0. The number of nitrogens with zero attached hydrogens (tertiary/aromatic N) is 2. The van der Waals surface area contributed by atoms with E-state index < -0.39 is 4.92 Å². The zero-order valence-corrected chi connectivity index (χ0v) is 11.9. The van der Waals surface area contributed by atoms with Crippen LogP contribution in [0.5, 0.6) is 0 Å². The Morgan fingerprint density at radius 2 is 2.05 bits per heavy atom. The number of carbonyl (C=O) groups excluding carboxylic acids is 1. The molecular formula is C14H17N5O3. The fourth-order valence-electron chi connectivity index (χ4n) is 1.91.